The number of rotatable bonds is 5. The van der Waals surface area contributed by atoms with Crippen LogP contribution in [-0.2, 0) is 9.53 Å². The molecule has 1 amide bonds. The predicted octanol–water partition coefficient (Wildman–Crippen LogP) is 3.50. The first-order valence-electron chi connectivity index (χ1n) is 7.83. The zero-order valence-electron chi connectivity index (χ0n) is 13.0. The number of amides is 1. The standard InChI is InChI=1S/C17H26N2O2/c1-12-6-8-14(9-7-12)21-11-10-17(20)19-16-5-3-4-15(18)13(16)2/h3-5,12,14H,6-11,18H2,1-2H3,(H,19,20). The average molecular weight is 290 g/mol. The van der Waals surface area contributed by atoms with Crippen molar-refractivity contribution in [2.45, 2.75) is 52.1 Å². The van der Waals surface area contributed by atoms with Crippen LogP contribution in [0.5, 0.6) is 0 Å². The van der Waals surface area contributed by atoms with Crippen molar-refractivity contribution in [2.24, 2.45) is 5.92 Å². The Hall–Kier alpha value is -1.55. The molecule has 116 valence electrons. The summed E-state index contributed by atoms with van der Waals surface area (Å²) in [6.07, 6.45) is 5.44. The Bertz CT molecular complexity index is 480. The summed E-state index contributed by atoms with van der Waals surface area (Å²) >= 11 is 0. The smallest absolute Gasteiger partial charge is 0.226 e. The van der Waals surface area contributed by atoms with E-state index >= 15 is 0 Å². The Morgan fingerprint density at radius 3 is 2.76 bits per heavy atom. The Labute approximate surface area is 127 Å². The molecule has 2 rings (SSSR count). The summed E-state index contributed by atoms with van der Waals surface area (Å²) in [7, 11) is 0. The van der Waals surface area contributed by atoms with Gasteiger partial charge >= 0.3 is 0 Å². The minimum atomic E-state index is -0.0205. The Balaban J connectivity index is 1.71. The molecule has 0 saturated heterocycles. The molecule has 0 bridgehead atoms. The van der Waals surface area contributed by atoms with E-state index in [1.54, 1.807) is 0 Å². The maximum Gasteiger partial charge on any atom is 0.226 e. The van der Waals surface area contributed by atoms with Gasteiger partial charge in [-0.15, -0.1) is 0 Å². The molecule has 3 N–H and O–H groups in total. The lowest BCUT2D eigenvalue weighted by molar-refractivity contribution is -0.117. The van der Waals surface area contributed by atoms with Gasteiger partial charge in [0.1, 0.15) is 0 Å². The van der Waals surface area contributed by atoms with Gasteiger partial charge in [0.05, 0.1) is 19.1 Å². The van der Waals surface area contributed by atoms with Crippen LogP contribution >= 0.6 is 0 Å². The van der Waals surface area contributed by atoms with Crippen molar-refractivity contribution in [3.63, 3.8) is 0 Å². The highest BCUT2D eigenvalue weighted by molar-refractivity contribution is 5.92. The van der Waals surface area contributed by atoms with Crippen molar-refractivity contribution in [3.8, 4) is 0 Å². The summed E-state index contributed by atoms with van der Waals surface area (Å²) in [5.74, 6) is 0.799. The molecule has 1 aromatic carbocycles. The van der Waals surface area contributed by atoms with Crippen molar-refractivity contribution in [2.75, 3.05) is 17.7 Å². The summed E-state index contributed by atoms with van der Waals surface area (Å²) in [5, 5.41) is 2.90. The highest BCUT2D eigenvalue weighted by Crippen LogP contribution is 2.25. The van der Waals surface area contributed by atoms with E-state index in [4.69, 9.17) is 10.5 Å². The highest BCUT2D eigenvalue weighted by Gasteiger charge is 2.18. The third-order valence-electron chi connectivity index (χ3n) is 4.30. The van der Waals surface area contributed by atoms with Gasteiger partial charge in [-0.05, 0) is 56.2 Å². The minimum absolute atomic E-state index is 0.0205. The van der Waals surface area contributed by atoms with E-state index in [2.05, 4.69) is 12.2 Å². The van der Waals surface area contributed by atoms with Gasteiger partial charge in [-0.2, -0.15) is 0 Å². The third kappa shape index (κ3) is 4.74. The van der Waals surface area contributed by atoms with E-state index in [1.807, 2.05) is 25.1 Å². The molecule has 0 radical (unpaired) electrons. The number of ether oxygens (including phenoxy) is 1. The van der Waals surface area contributed by atoms with Crippen molar-refractivity contribution in [1.29, 1.82) is 0 Å². The summed E-state index contributed by atoms with van der Waals surface area (Å²) in [6.45, 7) is 4.69. The van der Waals surface area contributed by atoms with Crippen LogP contribution in [0.25, 0.3) is 0 Å². The first kappa shape index (κ1) is 15.8. The number of benzene rings is 1. The largest absolute Gasteiger partial charge is 0.398 e. The van der Waals surface area contributed by atoms with Crippen LogP contribution in [0.15, 0.2) is 18.2 Å². The lowest BCUT2D eigenvalue weighted by Crippen LogP contribution is -2.23. The monoisotopic (exact) mass is 290 g/mol. The first-order chi connectivity index (χ1) is 10.1. The molecule has 1 aliphatic carbocycles. The fraction of sp³-hybridized carbons (Fsp3) is 0.588. The molecule has 1 aliphatic rings. The first-order valence-corrected chi connectivity index (χ1v) is 7.83. The number of carbonyl (C=O) groups excluding carboxylic acids is 1. The molecule has 4 heteroatoms. The fourth-order valence-corrected chi connectivity index (χ4v) is 2.72. The van der Waals surface area contributed by atoms with Crippen molar-refractivity contribution in [3.05, 3.63) is 23.8 Å². The van der Waals surface area contributed by atoms with Gasteiger partial charge in [-0.25, -0.2) is 0 Å². The zero-order valence-corrected chi connectivity index (χ0v) is 13.0. The number of hydrogen-bond donors (Lipinski definition) is 2. The van der Waals surface area contributed by atoms with Crippen LogP contribution < -0.4 is 11.1 Å². The lowest BCUT2D eigenvalue weighted by Gasteiger charge is -2.26. The zero-order chi connectivity index (χ0) is 15.2. The van der Waals surface area contributed by atoms with E-state index in [0.717, 1.165) is 30.0 Å². The van der Waals surface area contributed by atoms with Crippen LogP contribution in [0.4, 0.5) is 11.4 Å². The summed E-state index contributed by atoms with van der Waals surface area (Å²) in [6, 6.07) is 5.54. The molecule has 0 spiro atoms. The van der Waals surface area contributed by atoms with E-state index < -0.39 is 0 Å². The predicted molar refractivity (Wildman–Crippen MR) is 86.2 cm³/mol. The number of nitrogens with two attached hydrogens (primary N) is 1. The average Bonchev–Trinajstić information content (AvgIpc) is 2.46. The number of anilines is 2. The van der Waals surface area contributed by atoms with Crippen molar-refractivity contribution >= 4 is 17.3 Å². The van der Waals surface area contributed by atoms with Gasteiger partial charge in [-0.3, -0.25) is 4.79 Å². The van der Waals surface area contributed by atoms with Gasteiger partial charge in [0.25, 0.3) is 0 Å². The molecule has 4 nitrogen and oxygen atoms in total. The van der Waals surface area contributed by atoms with Gasteiger partial charge in [0, 0.05) is 11.4 Å². The second kappa shape index (κ2) is 7.46. The van der Waals surface area contributed by atoms with Crippen molar-refractivity contribution < 1.29 is 9.53 Å². The lowest BCUT2D eigenvalue weighted by atomic mass is 9.89. The molecule has 0 unspecified atom stereocenters. The molecular formula is C17H26N2O2. The number of nitrogens with one attached hydrogen (secondary N) is 1. The fourth-order valence-electron chi connectivity index (χ4n) is 2.72. The van der Waals surface area contributed by atoms with Crippen LogP contribution in [0.2, 0.25) is 0 Å². The molecule has 1 saturated carbocycles. The molecule has 1 aromatic rings. The molecular weight excluding hydrogens is 264 g/mol. The molecule has 0 aromatic heterocycles. The van der Waals surface area contributed by atoms with Gasteiger partial charge in [0.15, 0.2) is 0 Å². The SMILES string of the molecule is Cc1c(N)cccc1NC(=O)CCOC1CCC(C)CC1. The molecule has 21 heavy (non-hydrogen) atoms. The van der Waals surface area contributed by atoms with Crippen LogP contribution in [0.1, 0.15) is 44.6 Å². The quantitative estimate of drug-likeness (QED) is 0.816. The summed E-state index contributed by atoms with van der Waals surface area (Å²) < 4.78 is 5.81. The summed E-state index contributed by atoms with van der Waals surface area (Å²) in [5.41, 5.74) is 8.22. The second-order valence-corrected chi connectivity index (χ2v) is 6.07. The Morgan fingerprint density at radius 2 is 2.05 bits per heavy atom. The Kier molecular flexibility index (Phi) is 5.62. The number of nitrogen functional groups attached to an aromatic ring is 1. The maximum atomic E-state index is 11.9. The Morgan fingerprint density at radius 1 is 1.33 bits per heavy atom. The van der Waals surface area contributed by atoms with Crippen LogP contribution in [0, 0.1) is 12.8 Å². The molecule has 1 fully saturated rings. The molecule has 0 heterocycles. The number of hydrogen-bond acceptors (Lipinski definition) is 3. The van der Waals surface area contributed by atoms with Gasteiger partial charge in [0.2, 0.25) is 5.91 Å². The van der Waals surface area contributed by atoms with E-state index in [1.165, 1.54) is 12.8 Å². The van der Waals surface area contributed by atoms with Crippen molar-refractivity contribution in [1.82, 2.24) is 0 Å². The highest BCUT2D eigenvalue weighted by atomic mass is 16.5. The van der Waals surface area contributed by atoms with Gasteiger partial charge < -0.3 is 15.8 Å². The van der Waals surface area contributed by atoms with E-state index in [0.29, 0.717) is 24.8 Å². The number of carbonyl (C=O) groups is 1. The van der Waals surface area contributed by atoms with Crippen LogP contribution in [-0.4, -0.2) is 18.6 Å². The van der Waals surface area contributed by atoms with E-state index in [9.17, 15) is 4.79 Å². The molecule has 0 aliphatic heterocycles. The summed E-state index contributed by atoms with van der Waals surface area (Å²) in [4.78, 5) is 11.9. The molecule has 0 atom stereocenters. The topological polar surface area (TPSA) is 64.3 Å². The third-order valence-corrected chi connectivity index (χ3v) is 4.30. The van der Waals surface area contributed by atoms with Gasteiger partial charge in [-0.1, -0.05) is 13.0 Å². The van der Waals surface area contributed by atoms with E-state index in [-0.39, 0.29) is 5.91 Å². The second-order valence-electron chi connectivity index (χ2n) is 6.07. The van der Waals surface area contributed by atoms with Crippen LogP contribution in [0.3, 0.4) is 0 Å². The minimum Gasteiger partial charge on any atom is -0.398 e. The normalized spacial score (nSPS) is 22.0. The maximum absolute atomic E-state index is 11.9.